The predicted octanol–water partition coefficient (Wildman–Crippen LogP) is 2.17. The number of carbonyl (C=O) groups is 2. The molecule has 4 heteroatoms. The second kappa shape index (κ2) is 6.62. The van der Waals surface area contributed by atoms with E-state index in [2.05, 4.69) is 6.92 Å². The molecule has 0 aliphatic heterocycles. The van der Waals surface area contributed by atoms with Crippen LogP contribution >= 0.6 is 0 Å². The smallest absolute Gasteiger partial charge is 0.320 e. The van der Waals surface area contributed by atoms with E-state index in [4.69, 9.17) is 9.47 Å². The van der Waals surface area contributed by atoms with Gasteiger partial charge in [-0.1, -0.05) is 26.2 Å². The highest BCUT2D eigenvalue weighted by atomic mass is 16.5. The third-order valence-corrected chi connectivity index (χ3v) is 3.78. The number of hydrogen-bond donors (Lipinski definition) is 0. The van der Waals surface area contributed by atoms with Crippen molar-refractivity contribution in [3.05, 3.63) is 0 Å². The summed E-state index contributed by atoms with van der Waals surface area (Å²) < 4.78 is 9.44. The summed E-state index contributed by atoms with van der Waals surface area (Å²) in [6, 6.07) is 0. The third kappa shape index (κ3) is 3.45. The van der Waals surface area contributed by atoms with E-state index in [9.17, 15) is 9.59 Å². The zero-order valence-corrected chi connectivity index (χ0v) is 10.9. The van der Waals surface area contributed by atoms with Crippen LogP contribution in [-0.2, 0) is 19.1 Å². The Morgan fingerprint density at radius 3 is 2.24 bits per heavy atom. The second-order valence-electron chi connectivity index (χ2n) is 4.72. The molecule has 1 saturated carbocycles. The molecule has 0 heterocycles. The van der Waals surface area contributed by atoms with Crippen LogP contribution in [0.3, 0.4) is 0 Å². The third-order valence-electron chi connectivity index (χ3n) is 3.78. The van der Waals surface area contributed by atoms with Crippen LogP contribution in [0.1, 0.15) is 39.0 Å². The van der Waals surface area contributed by atoms with Gasteiger partial charge in [-0.05, 0) is 24.7 Å². The van der Waals surface area contributed by atoms with Gasteiger partial charge in [-0.2, -0.15) is 0 Å². The van der Waals surface area contributed by atoms with Crippen molar-refractivity contribution in [1.29, 1.82) is 0 Å². The molecular formula is C13H22O4. The predicted molar refractivity (Wildman–Crippen MR) is 63.3 cm³/mol. The molecule has 2 atom stereocenters. The summed E-state index contributed by atoms with van der Waals surface area (Å²) in [7, 11) is 2.64. The van der Waals surface area contributed by atoms with E-state index in [-0.39, 0.29) is 5.92 Å². The molecule has 0 radical (unpaired) electrons. The summed E-state index contributed by atoms with van der Waals surface area (Å²) in [5, 5.41) is 0. The fraction of sp³-hybridized carbons (Fsp3) is 0.846. The summed E-state index contributed by atoms with van der Waals surface area (Å²) in [5.74, 6) is -0.962. The van der Waals surface area contributed by atoms with E-state index < -0.39 is 17.9 Å². The average Bonchev–Trinajstić information content (AvgIpc) is 2.38. The van der Waals surface area contributed by atoms with Gasteiger partial charge in [-0.25, -0.2) is 0 Å². The number of esters is 2. The minimum absolute atomic E-state index is 0.0774. The van der Waals surface area contributed by atoms with Gasteiger partial charge in [-0.15, -0.1) is 0 Å². The highest BCUT2D eigenvalue weighted by Crippen LogP contribution is 2.36. The number of rotatable bonds is 4. The van der Waals surface area contributed by atoms with Crippen LogP contribution in [0.15, 0.2) is 0 Å². The molecule has 17 heavy (non-hydrogen) atoms. The topological polar surface area (TPSA) is 52.6 Å². The maximum atomic E-state index is 11.7. The van der Waals surface area contributed by atoms with Gasteiger partial charge in [0.1, 0.15) is 0 Å². The lowest BCUT2D eigenvalue weighted by atomic mass is 9.74. The highest BCUT2D eigenvalue weighted by Gasteiger charge is 2.38. The fourth-order valence-electron chi connectivity index (χ4n) is 2.74. The highest BCUT2D eigenvalue weighted by molar-refractivity contribution is 5.95. The first-order valence-corrected chi connectivity index (χ1v) is 6.29. The monoisotopic (exact) mass is 242 g/mol. The molecule has 1 fully saturated rings. The van der Waals surface area contributed by atoms with Gasteiger partial charge in [0.2, 0.25) is 0 Å². The first-order valence-electron chi connectivity index (χ1n) is 6.29. The van der Waals surface area contributed by atoms with E-state index in [1.807, 2.05) is 0 Å². The Hall–Kier alpha value is -1.06. The molecule has 0 saturated heterocycles. The Kier molecular flexibility index (Phi) is 5.45. The standard InChI is InChI=1S/C13H22O4/c1-4-9-6-5-7-10(8-9)11(12(14)16-2)13(15)17-3/h9-11H,4-8H2,1-3H3. The Balaban J connectivity index is 2.75. The van der Waals surface area contributed by atoms with Gasteiger partial charge in [0.15, 0.2) is 5.92 Å². The first kappa shape index (κ1) is 14.0. The van der Waals surface area contributed by atoms with Gasteiger partial charge in [0, 0.05) is 0 Å². The molecule has 0 aromatic heterocycles. The van der Waals surface area contributed by atoms with Crippen LogP contribution in [0.5, 0.6) is 0 Å². The van der Waals surface area contributed by atoms with Crippen molar-refractivity contribution >= 4 is 11.9 Å². The molecule has 98 valence electrons. The van der Waals surface area contributed by atoms with Gasteiger partial charge in [-0.3, -0.25) is 9.59 Å². The van der Waals surface area contributed by atoms with Crippen LogP contribution in [0.2, 0.25) is 0 Å². The molecule has 0 aromatic carbocycles. The average molecular weight is 242 g/mol. The summed E-state index contributed by atoms with van der Waals surface area (Å²) in [6.45, 7) is 2.15. The van der Waals surface area contributed by atoms with Gasteiger partial charge >= 0.3 is 11.9 Å². The number of methoxy groups -OCH3 is 2. The Labute approximate surface area is 103 Å². The van der Waals surface area contributed by atoms with Crippen LogP contribution in [0.4, 0.5) is 0 Å². The molecular weight excluding hydrogens is 220 g/mol. The van der Waals surface area contributed by atoms with Gasteiger partial charge < -0.3 is 9.47 Å². The zero-order chi connectivity index (χ0) is 12.8. The maximum Gasteiger partial charge on any atom is 0.320 e. The fourth-order valence-corrected chi connectivity index (χ4v) is 2.74. The van der Waals surface area contributed by atoms with E-state index >= 15 is 0 Å². The lowest BCUT2D eigenvalue weighted by Gasteiger charge is -2.31. The first-order chi connectivity index (χ1) is 8.13. The molecule has 0 spiro atoms. The van der Waals surface area contributed by atoms with Gasteiger partial charge in [0.05, 0.1) is 14.2 Å². The molecule has 0 bridgehead atoms. The van der Waals surface area contributed by atoms with Crippen LogP contribution in [0.25, 0.3) is 0 Å². The Morgan fingerprint density at radius 1 is 1.18 bits per heavy atom. The van der Waals surface area contributed by atoms with Crippen molar-refractivity contribution < 1.29 is 19.1 Å². The van der Waals surface area contributed by atoms with E-state index in [0.717, 1.165) is 25.7 Å². The van der Waals surface area contributed by atoms with Crippen molar-refractivity contribution in [3.8, 4) is 0 Å². The van der Waals surface area contributed by atoms with Crippen molar-refractivity contribution in [2.75, 3.05) is 14.2 Å². The minimum atomic E-state index is -0.737. The molecule has 1 aliphatic rings. The maximum absolute atomic E-state index is 11.7. The van der Waals surface area contributed by atoms with Crippen LogP contribution < -0.4 is 0 Å². The van der Waals surface area contributed by atoms with E-state index in [0.29, 0.717) is 5.92 Å². The molecule has 2 unspecified atom stereocenters. The number of hydrogen-bond acceptors (Lipinski definition) is 4. The normalized spacial score (nSPS) is 24.5. The van der Waals surface area contributed by atoms with Crippen molar-refractivity contribution in [1.82, 2.24) is 0 Å². The van der Waals surface area contributed by atoms with Crippen molar-refractivity contribution in [2.45, 2.75) is 39.0 Å². The van der Waals surface area contributed by atoms with Crippen LogP contribution in [-0.4, -0.2) is 26.2 Å². The van der Waals surface area contributed by atoms with Crippen molar-refractivity contribution in [3.63, 3.8) is 0 Å². The molecule has 0 amide bonds. The Bertz CT molecular complexity index is 259. The van der Waals surface area contributed by atoms with Crippen LogP contribution in [0, 0.1) is 17.8 Å². The second-order valence-corrected chi connectivity index (χ2v) is 4.72. The molecule has 0 aromatic rings. The molecule has 1 rings (SSSR count). The summed E-state index contributed by atoms with van der Waals surface area (Å²) in [6.07, 6.45) is 5.21. The van der Waals surface area contributed by atoms with E-state index in [1.54, 1.807) is 0 Å². The Morgan fingerprint density at radius 2 is 1.76 bits per heavy atom. The minimum Gasteiger partial charge on any atom is -0.468 e. The summed E-state index contributed by atoms with van der Waals surface area (Å²) >= 11 is 0. The lowest BCUT2D eigenvalue weighted by Crippen LogP contribution is -2.36. The van der Waals surface area contributed by atoms with Gasteiger partial charge in [0.25, 0.3) is 0 Å². The quantitative estimate of drug-likeness (QED) is 0.560. The largest absolute Gasteiger partial charge is 0.468 e. The number of ether oxygens (including phenoxy) is 2. The zero-order valence-electron chi connectivity index (χ0n) is 10.9. The molecule has 0 N–H and O–H groups in total. The SMILES string of the molecule is CCC1CCCC(C(C(=O)OC)C(=O)OC)C1. The summed E-state index contributed by atoms with van der Waals surface area (Å²) in [5.41, 5.74) is 0. The van der Waals surface area contributed by atoms with Crippen molar-refractivity contribution in [2.24, 2.45) is 17.8 Å². The lowest BCUT2D eigenvalue weighted by molar-refractivity contribution is -0.162. The number of carbonyl (C=O) groups excluding carboxylic acids is 2. The molecule has 1 aliphatic carbocycles. The summed E-state index contributed by atoms with van der Waals surface area (Å²) in [4.78, 5) is 23.4. The van der Waals surface area contributed by atoms with E-state index in [1.165, 1.54) is 20.6 Å². The molecule has 4 nitrogen and oxygen atoms in total.